The summed E-state index contributed by atoms with van der Waals surface area (Å²) < 4.78 is 10.5. The van der Waals surface area contributed by atoms with Gasteiger partial charge in [-0.05, 0) is 74.1 Å². The highest BCUT2D eigenvalue weighted by Crippen LogP contribution is 2.42. The van der Waals surface area contributed by atoms with E-state index in [0.717, 1.165) is 56.5 Å². The van der Waals surface area contributed by atoms with Gasteiger partial charge in [-0.3, -0.25) is 4.79 Å². The van der Waals surface area contributed by atoms with Gasteiger partial charge in [-0.25, -0.2) is 9.59 Å². The Balaban J connectivity index is 1.96. The summed E-state index contributed by atoms with van der Waals surface area (Å²) in [6.07, 6.45) is 8.77. The van der Waals surface area contributed by atoms with Crippen LogP contribution in [0, 0.1) is 32.6 Å². The fourth-order valence-corrected chi connectivity index (χ4v) is 6.69. The van der Waals surface area contributed by atoms with E-state index < -0.39 is 23.8 Å². The SMILES string of the molecule is C=Cc1c2[nH]c(c1C)C=C1NC(=C(C(=O)OC)c3[nH]c(c(C)c3C(=O)OC)C=c3[nH]c(c(C)c3CC)=C2)[C@@H](CCC(=O)O)[C@@H]1C. The number of ether oxygens (including phenoxy) is 2. The summed E-state index contributed by atoms with van der Waals surface area (Å²) in [5.41, 5.74) is 9.01. The standard InChI is InChI=1S/C35H40N4O6/c1-9-20-16(3)23-13-25-18(5)22(11-12-29(40)41)32(38-25)31(35(43)45-8)33-30(34(42)44-7)19(6)26(39-33)15-28-21(10-2)17(4)24(37-28)14-27(20)36-23/h9,13-15,18,22,36-39H,1,10-12H2,2-8H3,(H,40,41)/t18-,22-/m0/s1. The first kappa shape index (κ1) is 31.4. The van der Waals surface area contributed by atoms with Crippen LogP contribution < -0.4 is 16.0 Å². The second-order valence-electron chi connectivity index (χ2n) is 11.6. The number of carbonyl (C=O) groups excluding carboxylic acids is 2. The first-order valence-electron chi connectivity index (χ1n) is 15.1. The van der Waals surface area contributed by atoms with E-state index in [-0.39, 0.29) is 35.6 Å². The lowest BCUT2D eigenvalue weighted by Gasteiger charge is -2.18. The van der Waals surface area contributed by atoms with Gasteiger partial charge in [0.1, 0.15) is 5.57 Å². The van der Waals surface area contributed by atoms with Crippen LogP contribution in [0.3, 0.4) is 0 Å². The Kier molecular flexibility index (Phi) is 8.51. The van der Waals surface area contributed by atoms with E-state index in [1.165, 1.54) is 14.2 Å². The quantitative estimate of drug-likeness (QED) is 0.251. The van der Waals surface area contributed by atoms with Crippen LogP contribution in [-0.4, -0.2) is 52.2 Å². The maximum Gasteiger partial charge on any atom is 0.341 e. The highest BCUT2D eigenvalue weighted by atomic mass is 16.5. The number of carboxylic acids is 1. The summed E-state index contributed by atoms with van der Waals surface area (Å²) in [5.74, 6) is -2.80. The summed E-state index contributed by atoms with van der Waals surface area (Å²) in [6, 6.07) is 0. The molecule has 1 saturated heterocycles. The molecule has 2 atom stereocenters. The normalized spacial score (nSPS) is 17.2. The minimum atomic E-state index is -0.942. The molecular weight excluding hydrogens is 572 g/mol. The maximum absolute atomic E-state index is 13.7. The maximum atomic E-state index is 13.7. The molecule has 5 N–H and O–H groups in total. The molecule has 5 rings (SSSR count). The molecule has 5 heterocycles. The van der Waals surface area contributed by atoms with Crippen LogP contribution in [0.15, 0.2) is 18.0 Å². The predicted molar refractivity (Wildman–Crippen MR) is 173 cm³/mol. The molecule has 8 bridgehead atoms. The lowest BCUT2D eigenvalue weighted by Crippen LogP contribution is -2.19. The van der Waals surface area contributed by atoms with E-state index >= 15 is 0 Å². The summed E-state index contributed by atoms with van der Waals surface area (Å²) in [4.78, 5) is 49.2. The Bertz CT molecular complexity index is 1930. The molecule has 0 saturated carbocycles. The molecule has 1 fully saturated rings. The van der Waals surface area contributed by atoms with Crippen molar-refractivity contribution >= 4 is 47.8 Å². The fraction of sp³-hybridized carbons (Fsp3) is 0.343. The van der Waals surface area contributed by atoms with E-state index in [9.17, 15) is 19.5 Å². The third-order valence-corrected chi connectivity index (χ3v) is 9.25. The predicted octanol–water partition coefficient (Wildman–Crippen LogP) is 4.20. The number of aliphatic carboxylic acids is 1. The Morgan fingerprint density at radius 1 is 0.911 bits per heavy atom. The zero-order valence-corrected chi connectivity index (χ0v) is 26.8. The minimum Gasteiger partial charge on any atom is -0.481 e. The number of fused-ring (bicyclic) bond motifs is 8. The van der Waals surface area contributed by atoms with Crippen molar-refractivity contribution < 1.29 is 29.0 Å². The van der Waals surface area contributed by atoms with E-state index in [2.05, 4.69) is 46.8 Å². The van der Waals surface area contributed by atoms with Crippen molar-refractivity contribution in [2.75, 3.05) is 14.2 Å². The molecule has 10 heteroatoms. The highest BCUT2D eigenvalue weighted by molar-refractivity contribution is 6.20. The average Bonchev–Trinajstić information content (AvgIpc) is 3.68. The summed E-state index contributed by atoms with van der Waals surface area (Å²) in [5, 5.41) is 14.9. The fourth-order valence-electron chi connectivity index (χ4n) is 6.69. The van der Waals surface area contributed by atoms with Crippen molar-refractivity contribution in [1.29, 1.82) is 0 Å². The molecule has 0 spiro atoms. The van der Waals surface area contributed by atoms with Crippen LogP contribution in [0.5, 0.6) is 0 Å². The lowest BCUT2D eigenvalue weighted by molar-refractivity contribution is -0.137. The minimum absolute atomic E-state index is 0.107. The van der Waals surface area contributed by atoms with Gasteiger partial charge in [0.2, 0.25) is 0 Å². The van der Waals surface area contributed by atoms with Crippen molar-refractivity contribution in [2.45, 2.75) is 53.9 Å². The van der Waals surface area contributed by atoms with Gasteiger partial charge in [-0.15, -0.1) is 0 Å². The number of aromatic amines is 3. The topological polar surface area (TPSA) is 149 Å². The number of methoxy groups -OCH3 is 2. The smallest absolute Gasteiger partial charge is 0.341 e. The molecule has 3 aromatic rings. The van der Waals surface area contributed by atoms with E-state index in [4.69, 9.17) is 9.47 Å². The zero-order chi connectivity index (χ0) is 32.7. The molecule has 10 nitrogen and oxygen atoms in total. The van der Waals surface area contributed by atoms with Gasteiger partial charge in [0, 0.05) is 63.0 Å². The number of rotatable bonds is 7. The number of allylic oxidation sites excluding steroid dienone is 2. The third-order valence-electron chi connectivity index (χ3n) is 9.25. The highest BCUT2D eigenvalue weighted by Gasteiger charge is 2.39. The van der Waals surface area contributed by atoms with E-state index in [0.29, 0.717) is 17.0 Å². The first-order valence-corrected chi connectivity index (χ1v) is 15.1. The number of carboxylic acid groups (broad SMARTS) is 1. The van der Waals surface area contributed by atoms with Gasteiger partial charge >= 0.3 is 17.9 Å². The van der Waals surface area contributed by atoms with Gasteiger partial charge in [0.25, 0.3) is 0 Å². The molecule has 2 aliphatic rings. The van der Waals surface area contributed by atoms with Crippen molar-refractivity contribution in [2.24, 2.45) is 11.8 Å². The number of nitrogens with one attached hydrogen (secondary N) is 4. The van der Waals surface area contributed by atoms with Gasteiger partial charge in [-0.2, -0.15) is 0 Å². The molecule has 45 heavy (non-hydrogen) atoms. The van der Waals surface area contributed by atoms with Crippen molar-refractivity contribution in [1.82, 2.24) is 20.3 Å². The third kappa shape index (κ3) is 5.34. The number of esters is 2. The molecule has 0 aromatic carbocycles. The second kappa shape index (κ2) is 12.2. The van der Waals surface area contributed by atoms with Gasteiger partial charge < -0.3 is 34.8 Å². The Morgan fingerprint density at radius 2 is 1.58 bits per heavy atom. The summed E-state index contributed by atoms with van der Waals surface area (Å²) >= 11 is 0. The molecule has 0 radical (unpaired) electrons. The molecule has 2 aliphatic heterocycles. The number of hydrogen-bond acceptors (Lipinski definition) is 6. The molecule has 0 unspecified atom stereocenters. The number of carbonyl (C=O) groups is 3. The van der Waals surface area contributed by atoms with Crippen LogP contribution in [0.2, 0.25) is 0 Å². The van der Waals surface area contributed by atoms with Gasteiger partial charge in [0.15, 0.2) is 0 Å². The van der Waals surface area contributed by atoms with Crippen molar-refractivity contribution in [3.8, 4) is 0 Å². The second-order valence-corrected chi connectivity index (χ2v) is 11.6. The monoisotopic (exact) mass is 612 g/mol. The number of H-pyrrole nitrogens is 3. The molecule has 3 aromatic heterocycles. The van der Waals surface area contributed by atoms with Crippen LogP contribution in [-0.2, 0) is 25.5 Å². The molecule has 0 aliphatic carbocycles. The molecular formula is C35H40N4O6. The Hall–Kier alpha value is -4.99. The van der Waals surface area contributed by atoms with E-state index in [1.807, 2.05) is 32.1 Å². The number of hydrogen-bond donors (Lipinski definition) is 5. The van der Waals surface area contributed by atoms with Crippen LogP contribution in [0.25, 0.3) is 29.9 Å². The van der Waals surface area contributed by atoms with Crippen LogP contribution >= 0.6 is 0 Å². The summed E-state index contributed by atoms with van der Waals surface area (Å²) in [7, 11) is 2.58. The number of aromatic nitrogens is 3. The average molecular weight is 613 g/mol. The van der Waals surface area contributed by atoms with Crippen molar-refractivity contribution in [3.63, 3.8) is 0 Å². The van der Waals surface area contributed by atoms with E-state index in [1.54, 1.807) is 6.92 Å². The Labute approximate surface area is 261 Å². The van der Waals surface area contributed by atoms with Crippen molar-refractivity contribution in [3.05, 3.63) is 84.8 Å². The molecule has 236 valence electrons. The zero-order valence-electron chi connectivity index (χ0n) is 26.8. The molecule has 0 amide bonds. The van der Waals surface area contributed by atoms with Gasteiger partial charge in [-0.1, -0.05) is 26.5 Å². The first-order chi connectivity index (χ1) is 21.4. The Morgan fingerprint density at radius 3 is 2.20 bits per heavy atom. The van der Waals surface area contributed by atoms with Crippen LogP contribution in [0.1, 0.15) is 87.6 Å². The summed E-state index contributed by atoms with van der Waals surface area (Å²) in [6.45, 7) is 14.1. The largest absolute Gasteiger partial charge is 0.481 e. The van der Waals surface area contributed by atoms with Gasteiger partial charge in [0.05, 0.1) is 25.5 Å². The van der Waals surface area contributed by atoms with Crippen LogP contribution in [0.4, 0.5) is 0 Å². The lowest BCUT2D eigenvalue weighted by atomic mass is 9.86.